The van der Waals surface area contributed by atoms with Crippen molar-refractivity contribution in [3.63, 3.8) is 0 Å². The molecule has 19 heavy (non-hydrogen) atoms. The summed E-state index contributed by atoms with van der Waals surface area (Å²) >= 11 is 0. The van der Waals surface area contributed by atoms with Gasteiger partial charge < -0.3 is 19.4 Å². The van der Waals surface area contributed by atoms with Gasteiger partial charge in [0.15, 0.2) is 0 Å². The van der Waals surface area contributed by atoms with Crippen molar-refractivity contribution in [2.75, 3.05) is 19.8 Å². The summed E-state index contributed by atoms with van der Waals surface area (Å²) < 4.78 is 10.9. The van der Waals surface area contributed by atoms with E-state index >= 15 is 0 Å². The van der Waals surface area contributed by atoms with Crippen LogP contribution < -0.4 is 5.11 Å². The number of carbonyl (C=O) groups excluding carboxylic acids is 1. The highest BCUT2D eigenvalue weighted by Crippen LogP contribution is 2.29. The predicted octanol–water partition coefficient (Wildman–Crippen LogP) is 1.29. The molecule has 1 atom stereocenters. The quantitative estimate of drug-likeness (QED) is 0.813. The third-order valence-corrected chi connectivity index (χ3v) is 3.33. The largest absolute Gasteiger partial charge is 0.545 e. The SMILES string of the molecule is O=C([O-])c1c(C2COCCO2)ccc2ccccc12. The summed E-state index contributed by atoms with van der Waals surface area (Å²) in [7, 11) is 0. The second-order valence-electron chi connectivity index (χ2n) is 4.47. The second kappa shape index (κ2) is 4.99. The van der Waals surface area contributed by atoms with E-state index in [1.807, 2.05) is 24.3 Å². The molecule has 0 amide bonds. The molecule has 1 heterocycles. The second-order valence-corrected chi connectivity index (χ2v) is 4.47. The van der Waals surface area contributed by atoms with E-state index in [0.29, 0.717) is 30.8 Å². The molecule has 0 aliphatic carbocycles. The van der Waals surface area contributed by atoms with Gasteiger partial charge in [-0.05, 0) is 16.3 Å². The smallest absolute Gasteiger partial charge is 0.107 e. The molecule has 1 unspecified atom stereocenters. The van der Waals surface area contributed by atoms with E-state index < -0.39 is 5.97 Å². The maximum atomic E-state index is 11.5. The number of fused-ring (bicyclic) bond motifs is 1. The standard InChI is InChI=1S/C15H14O4/c16-15(17)14-11-4-2-1-3-10(11)5-6-12(14)13-9-18-7-8-19-13/h1-6,13H,7-9H2,(H,16,17)/p-1. The van der Waals surface area contributed by atoms with Crippen LogP contribution in [0.25, 0.3) is 10.8 Å². The van der Waals surface area contributed by atoms with Crippen LogP contribution in [0.3, 0.4) is 0 Å². The van der Waals surface area contributed by atoms with Gasteiger partial charge in [-0.3, -0.25) is 0 Å². The Kier molecular flexibility index (Phi) is 3.19. The highest BCUT2D eigenvalue weighted by molar-refractivity contribution is 6.04. The van der Waals surface area contributed by atoms with Gasteiger partial charge in [0, 0.05) is 5.56 Å². The van der Waals surface area contributed by atoms with Gasteiger partial charge in [0.25, 0.3) is 0 Å². The first kappa shape index (κ1) is 12.1. The van der Waals surface area contributed by atoms with Gasteiger partial charge in [-0.25, -0.2) is 0 Å². The van der Waals surface area contributed by atoms with Gasteiger partial charge in [-0.1, -0.05) is 36.4 Å². The summed E-state index contributed by atoms with van der Waals surface area (Å²) in [5, 5.41) is 13.0. The summed E-state index contributed by atoms with van der Waals surface area (Å²) in [5.41, 5.74) is 0.826. The Morgan fingerprint density at radius 3 is 2.74 bits per heavy atom. The average molecular weight is 257 g/mol. The summed E-state index contributed by atoms with van der Waals surface area (Å²) in [6, 6.07) is 11.0. The third-order valence-electron chi connectivity index (χ3n) is 3.33. The van der Waals surface area contributed by atoms with Crippen LogP contribution in [0.15, 0.2) is 36.4 Å². The van der Waals surface area contributed by atoms with Gasteiger partial charge in [0.1, 0.15) is 6.10 Å². The van der Waals surface area contributed by atoms with Gasteiger partial charge in [0.2, 0.25) is 0 Å². The molecule has 0 bridgehead atoms. The zero-order valence-corrected chi connectivity index (χ0v) is 10.3. The Morgan fingerprint density at radius 2 is 2.00 bits per heavy atom. The lowest BCUT2D eigenvalue weighted by molar-refractivity contribution is -0.255. The van der Waals surface area contributed by atoms with Crippen LogP contribution in [-0.4, -0.2) is 25.8 Å². The topological polar surface area (TPSA) is 58.6 Å². The molecule has 4 nitrogen and oxygen atoms in total. The lowest BCUT2D eigenvalue weighted by atomic mass is 9.95. The van der Waals surface area contributed by atoms with Crippen LogP contribution in [0, 0.1) is 0 Å². The van der Waals surface area contributed by atoms with Crippen molar-refractivity contribution in [2.24, 2.45) is 0 Å². The zero-order valence-electron chi connectivity index (χ0n) is 10.3. The first-order chi connectivity index (χ1) is 9.27. The summed E-state index contributed by atoms with van der Waals surface area (Å²) in [4.78, 5) is 11.5. The minimum atomic E-state index is -1.18. The minimum Gasteiger partial charge on any atom is -0.545 e. The van der Waals surface area contributed by atoms with Crippen LogP contribution >= 0.6 is 0 Å². The number of carbonyl (C=O) groups is 1. The minimum absolute atomic E-state index is 0.202. The van der Waals surface area contributed by atoms with Crippen molar-refractivity contribution >= 4 is 16.7 Å². The van der Waals surface area contributed by atoms with Crippen LogP contribution in [0.4, 0.5) is 0 Å². The maximum Gasteiger partial charge on any atom is 0.107 e. The molecule has 0 spiro atoms. The van der Waals surface area contributed by atoms with E-state index in [-0.39, 0.29) is 11.7 Å². The normalized spacial score (nSPS) is 19.5. The van der Waals surface area contributed by atoms with E-state index in [2.05, 4.69) is 0 Å². The van der Waals surface area contributed by atoms with Crippen molar-refractivity contribution in [1.82, 2.24) is 0 Å². The molecule has 2 aromatic rings. The molecule has 1 aliphatic rings. The van der Waals surface area contributed by atoms with Gasteiger partial charge >= 0.3 is 0 Å². The van der Waals surface area contributed by atoms with E-state index in [9.17, 15) is 9.90 Å². The number of rotatable bonds is 2. The highest BCUT2D eigenvalue weighted by Gasteiger charge is 2.21. The Balaban J connectivity index is 2.18. The van der Waals surface area contributed by atoms with Crippen LogP contribution in [0.2, 0.25) is 0 Å². The highest BCUT2D eigenvalue weighted by atomic mass is 16.6. The number of hydrogen-bond acceptors (Lipinski definition) is 4. The summed E-state index contributed by atoms with van der Waals surface area (Å²) in [6.45, 7) is 1.40. The molecule has 98 valence electrons. The molecule has 1 saturated heterocycles. The Bertz CT molecular complexity index is 615. The summed E-state index contributed by atoms with van der Waals surface area (Å²) in [5.74, 6) is -1.18. The van der Waals surface area contributed by atoms with Crippen molar-refractivity contribution in [3.05, 3.63) is 47.5 Å². The van der Waals surface area contributed by atoms with Crippen LogP contribution in [-0.2, 0) is 9.47 Å². The van der Waals surface area contributed by atoms with Crippen molar-refractivity contribution in [3.8, 4) is 0 Å². The molecular weight excluding hydrogens is 244 g/mol. The van der Waals surface area contributed by atoms with Crippen LogP contribution in [0.1, 0.15) is 22.0 Å². The number of hydrogen-bond donors (Lipinski definition) is 0. The van der Waals surface area contributed by atoms with E-state index in [4.69, 9.17) is 9.47 Å². The lowest BCUT2D eigenvalue weighted by Crippen LogP contribution is -2.28. The van der Waals surface area contributed by atoms with Gasteiger partial charge in [-0.15, -0.1) is 0 Å². The molecule has 1 fully saturated rings. The van der Waals surface area contributed by atoms with E-state index in [1.165, 1.54) is 0 Å². The molecule has 0 saturated carbocycles. The fourth-order valence-corrected chi connectivity index (χ4v) is 2.45. The van der Waals surface area contributed by atoms with E-state index in [1.54, 1.807) is 12.1 Å². The fraction of sp³-hybridized carbons (Fsp3) is 0.267. The molecule has 3 rings (SSSR count). The predicted molar refractivity (Wildman–Crippen MR) is 67.8 cm³/mol. The molecule has 2 aromatic carbocycles. The lowest BCUT2D eigenvalue weighted by Gasteiger charge is -2.26. The number of carboxylic acids is 1. The molecule has 0 N–H and O–H groups in total. The Morgan fingerprint density at radius 1 is 1.16 bits per heavy atom. The van der Waals surface area contributed by atoms with Gasteiger partial charge in [0.05, 0.1) is 25.8 Å². The molecule has 4 heteroatoms. The zero-order chi connectivity index (χ0) is 13.2. The molecule has 0 radical (unpaired) electrons. The molecular formula is C15H13O4-. The third kappa shape index (κ3) is 2.20. The molecule has 1 aliphatic heterocycles. The Labute approximate surface area is 110 Å². The maximum absolute atomic E-state index is 11.5. The number of benzene rings is 2. The number of carboxylic acid groups (broad SMARTS) is 1. The van der Waals surface area contributed by atoms with Gasteiger partial charge in [-0.2, -0.15) is 0 Å². The summed E-state index contributed by atoms with van der Waals surface area (Å²) in [6.07, 6.45) is -0.341. The first-order valence-corrected chi connectivity index (χ1v) is 6.19. The van der Waals surface area contributed by atoms with Crippen LogP contribution in [0.5, 0.6) is 0 Å². The van der Waals surface area contributed by atoms with Crippen molar-refractivity contribution in [2.45, 2.75) is 6.10 Å². The fourth-order valence-electron chi connectivity index (χ4n) is 2.45. The van der Waals surface area contributed by atoms with E-state index in [0.717, 1.165) is 5.39 Å². The Hall–Kier alpha value is -1.91. The monoisotopic (exact) mass is 257 g/mol. The first-order valence-electron chi connectivity index (χ1n) is 6.19. The van der Waals surface area contributed by atoms with Crippen molar-refractivity contribution < 1.29 is 19.4 Å². The molecule has 0 aromatic heterocycles. The average Bonchev–Trinajstić information content (AvgIpc) is 2.46. The number of ether oxygens (including phenoxy) is 2. The number of aromatic carboxylic acids is 1. The van der Waals surface area contributed by atoms with Crippen molar-refractivity contribution in [1.29, 1.82) is 0 Å².